The fourth-order valence-electron chi connectivity index (χ4n) is 0.255. The fraction of sp³-hybridized carbons (Fsp3) is 0.333. The van der Waals surface area contributed by atoms with Crippen molar-refractivity contribution in [3.05, 3.63) is 24.1 Å². The maximum absolute atomic E-state index is 11.9. The molecule has 0 nitrogen and oxygen atoms in total. The van der Waals surface area contributed by atoms with Crippen LogP contribution in [0.2, 0.25) is 0 Å². The molecule has 0 aromatic heterocycles. The number of hydrogen-bond acceptors (Lipinski definition) is 0. The minimum Gasteiger partial charge on any atom is -0.207 e. The standard InChI is InChI=1S/C6H9F/c1-3-5-6(7)4-2/h3-5H,1-2H3/b5-3+,6-4+. The lowest BCUT2D eigenvalue weighted by Crippen LogP contribution is -1.57. The van der Waals surface area contributed by atoms with Gasteiger partial charge in [0.1, 0.15) is 5.83 Å². The smallest absolute Gasteiger partial charge is 0.118 e. The molecule has 0 radical (unpaired) electrons. The highest BCUT2D eigenvalue weighted by molar-refractivity contribution is 5.08. The molecule has 0 spiro atoms. The van der Waals surface area contributed by atoms with Crippen molar-refractivity contribution in [2.45, 2.75) is 13.8 Å². The van der Waals surface area contributed by atoms with Gasteiger partial charge in [-0.2, -0.15) is 0 Å². The highest BCUT2D eigenvalue weighted by Gasteiger charge is 1.75. The lowest BCUT2D eigenvalue weighted by Gasteiger charge is -1.76. The summed E-state index contributed by atoms with van der Waals surface area (Å²) in [5.41, 5.74) is 0. The van der Waals surface area contributed by atoms with Crippen LogP contribution < -0.4 is 0 Å². The van der Waals surface area contributed by atoms with Gasteiger partial charge in [0.15, 0.2) is 0 Å². The van der Waals surface area contributed by atoms with Crippen molar-refractivity contribution >= 4 is 0 Å². The van der Waals surface area contributed by atoms with Crippen LogP contribution in [0.15, 0.2) is 24.1 Å². The predicted molar refractivity (Wildman–Crippen MR) is 29.7 cm³/mol. The molecule has 0 saturated carbocycles. The molecular formula is C6H9F. The van der Waals surface area contributed by atoms with E-state index in [0.717, 1.165) is 0 Å². The summed E-state index contributed by atoms with van der Waals surface area (Å²) in [6, 6.07) is 0. The van der Waals surface area contributed by atoms with Gasteiger partial charge in [-0.15, -0.1) is 0 Å². The molecule has 0 fully saturated rings. The van der Waals surface area contributed by atoms with Gasteiger partial charge in [0.05, 0.1) is 0 Å². The average Bonchev–Trinajstić information content (AvgIpc) is 1.68. The first kappa shape index (κ1) is 6.41. The molecule has 40 valence electrons. The first-order chi connectivity index (χ1) is 3.31. The number of halogens is 1. The minimum absolute atomic E-state index is 0.178. The Kier molecular flexibility index (Phi) is 3.29. The predicted octanol–water partition coefficient (Wildman–Crippen LogP) is 2.44. The second-order valence-corrected chi connectivity index (χ2v) is 1.17. The van der Waals surface area contributed by atoms with Crippen LogP contribution in [0.3, 0.4) is 0 Å². The second kappa shape index (κ2) is 3.59. The van der Waals surface area contributed by atoms with Crippen LogP contribution in [0.1, 0.15) is 13.8 Å². The van der Waals surface area contributed by atoms with Crippen molar-refractivity contribution in [2.24, 2.45) is 0 Å². The SMILES string of the molecule is C/C=C/C(F)=C\C. The minimum atomic E-state index is -0.178. The molecule has 0 aliphatic carbocycles. The van der Waals surface area contributed by atoms with Crippen LogP contribution >= 0.6 is 0 Å². The van der Waals surface area contributed by atoms with Crippen LogP contribution in [-0.4, -0.2) is 0 Å². The van der Waals surface area contributed by atoms with E-state index >= 15 is 0 Å². The molecule has 0 N–H and O–H groups in total. The lowest BCUT2D eigenvalue weighted by atomic mass is 10.4. The Morgan fingerprint density at radius 3 is 2.14 bits per heavy atom. The summed E-state index contributed by atoms with van der Waals surface area (Å²) >= 11 is 0. The monoisotopic (exact) mass is 100 g/mol. The highest BCUT2D eigenvalue weighted by atomic mass is 19.1. The summed E-state index contributed by atoms with van der Waals surface area (Å²) in [7, 11) is 0. The van der Waals surface area contributed by atoms with Crippen molar-refractivity contribution in [1.82, 2.24) is 0 Å². The van der Waals surface area contributed by atoms with E-state index < -0.39 is 0 Å². The molecule has 0 aromatic rings. The van der Waals surface area contributed by atoms with Crippen molar-refractivity contribution in [2.75, 3.05) is 0 Å². The second-order valence-electron chi connectivity index (χ2n) is 1.17. The highest BCUT2D eigenvalue weighted by Crippen LogP contribution is 1.95. The van der Waals surface area contributed by atoms with E-state index in [0.29, 0.717) is 0 Å². The van der Waals surface area contributed by atoms with Crippen LogP contribution in [0.5, 0.6) is 0 Å². The van der Waals surface area contributed by atoms with Crippen LogP contribution in [0.4, 0.5) is 4.39 Å². The van der Waals surface area contributed by atoms with Crippen molar-refractivity contribution in [3.63, 3.8) is 0 Å². The topological polar surface area (TPSA) is 0 Å². The molecule has 0 rings (SSSR count). The third-order valence-electron chi connectivity index (χ3n) is 0.602. The third-order valence-corrected chi connectivity index (χ3v) is 0.602. The van der Waals surface area contributed by atoms with Crippen molar-refractivity contribution < 1.29 is 4.39 Å². The number of allylic oxidation sites excluding steroid dienone is 4. The Morgan fingerprint density at radius 1 is 1.43 bits per heavy atom. The quantitative estimate of drug-likeness (QED) is 0.444. The van der Waals surface area contributed by atoms with E-state index in [1.165, 1.54) is 12.2 Å². The van der Waals surface area contributed by atoms with Crippen LogP contribution in [0.25, 0.3) is 0 Å². The van der Waals surface area contributed by atoms with Gasteiger partial charge in [0.2, 0.25) is 0 Å². The Morgan fingerprint density at radius 2 is 2.00 bits per heavy atom. The Labute approximate surface area is 43.4 Å². The Hall–Kier alpha value is -0.590. The molecule has 0 aromatic carbocycles. The molecule has 0 saturated heterocycles. The number of rotatable bonds is 1. The van der Waals surface area contributed by atoms with Gasteiger partial charge in [0.25, 0.3) is 0 Å². The molecule has 0 unspecified atom stereocenters. The first-order valence-electron chi connectivity index (χ1n) is 2.25. The van der Waals surface area contributed by atoms with Crippen LogP contribution in [-0.2, 0) is 0 Å². The average molecular weight is 100 g/mol. The molecular weight excluding hydrogens is 91.1 g/mol. The first-order valence-corrected chi connectivity index (χ1v) is 2.25. The molecule has 0 aliphatic heterocycles. The Balaban J connectivity index is 3.58. The zero-order valence-electron chi connectivity index (χ0n) is 4.61. The normalized spacial score (nSPS) is 13.3. The molecule has 1 heteroatoms. The van der Waals surface area contributed by atoms with E-state index in [2.05, 4.69) is 0 Å². The van der Waals surface area contributed by atoms with E-state index in [1.54, 1.807) is 19.9 Å². The lowest BCUT2D eigenvalue weighted by molar-refractivity contribution is 0.664. The van der Waals surface area contributed by atoms with Gasteiger partial charge in [-0.05, 0) is 19.9 Å². The summed E-state index contributed by atoms with van der Waals surface area (Å²) in [5.74, 6) is -0.178. The van der Waals surface area contributed by atoms with Crippen molar-refractivity contribution in [1.29, 1.82) is 0 Å². The molecule has 0 amide bonds. The largest absolute Gasteiger partial charge is 0.207 e. The molecule has 0 aliphatic rings. The van der Waals surface area contributed by atoms with Gasteiger partial charge in [0, 0.05) is 0 Å². The molecule has 0 heterocycles. The van der Waals surface area contributed by atoms with Gasteiger partial charge in [-0.1, -0.05) is 12.2 Å². The number of hydrogen-bond donors (Lipinski definition) is 0. The Bertz CT molecular complexity index is 90.4. The van der Waals surface area contributed by atoms with Crippen LogP contribution in [0, 0.1) is 0 Å². The fourth-order valence-corrected chi connectivity index (χ4v) is 0.255. The zero-order chi connectivity index (χ0) is 5.70. The molecule has 0 bridgehead atoms. The molecule has 0 atom stereocenters. The van der Waals surface area contributed by atoms with E-state index in [-0.39, 0.29) is 5.83 Å². The van der Waals surface area contributed by atoms with E-state index in [9.17, 15) is 4.39 Å². The maximum atomic E-state index is 11.9. The third kappa shape index (κ3) is 3.23. The summed E-state index contributed by atoms with van der Waals surface area (Å²) in [6.45, 7) is 3.44. The van der Waals surface area contributed by atoms with E-state index in [1.807, 2.05) is 0 Å². The zero-order valence-corrected chi connectivity index (χ0v) is 4.61. The van der Waals surface area contributed by atoms with Gasteiger partial charge < -0.3 is 0 Å². The van der Waals surface area contributed by atoms with Crippen molar-refractivity contribution in [3.8, 4) is 0 Å². The van der Waals surface area contributed by atoms with Gasteiger partial charge >= 0.3 is 0 Å². The van der Waals surface area contributed by atoms with E-state index in [4.69, 9.17) is 0 Å². The molecule has 7 heavy (non-hydrogen) atoms. The summed E-state index contributed by atoms with van der Waals surface area (Å²) in [5, 5.41) is 0. The summed E-state index contributed by atoms with van der Waals surface area (Å²) < 4.78 is 11.9. The maximum Gasteiger partial charge on any atom is 0.118 e. The summed E-state index contributed by atoms with van der Waals surface area (Å²) in [4.78, 5) is 0. The van der Waals surface area contributed by atoms with Gasteiger partial charge in [-0.25, -0.2) is 4.39 Å². The summed E-state index contributed by atoms with van der Waals surface area (Å²) in [6.07, 6.45) is 4.50. The van der Waals surface area contributed by atoms with Gasteiger partial charge in [-0.3, -0.25) is 0 Å².